The van der Waals surface area contributed by atoms with Gasteiger partial charge in [-0.25, -0.2) is 4.98 Å². The van der Waals surface area contributed by atoms with Crippen molar-refractivity contribution in [3.05, 3.63) is 36.3 Å². The highest BCUT2D eigenvalue weighted by Crippen LogP contribution is 2.30. The number of rotatable bonds is 4. The van der Waals surface area contributed by atoms with Crippen LogP contribution in [0.5, 0.6) is 0 Å². The van der Waals surface area contributed by atoms with Crippen LogP contribution in [0.2, 0.25) is 0 Å². The molecule has 0 aromatic carbocycles. The molecule has 0 spiro atoms. The van der Waals surface area contributed by atoms with Crippen LogP contribution in [0.25, 0.3) is 5.65 Å². The van der Waals surface area contributed by atoms with E-state index in [9.17, 15) is 4.79 Å². The highest BCUT2D eigenvalue weighted by molar-refractivity contribution is 5.79. The molecule has 5 nitrogen and oxygen atoms in total. The summed E-state index contributed by atoms with van der Waals surface area (Å²) in [5, 5.41) is 0. The summed E-state index contributed by atoms with van der Waals surface area (Å²) in [4.78, 5) is 22.2. The lowest BCUT2D eigenvalue weighted by atomic mass is 10.0. The van der Waals surface area contributed by atoms with Crippen LogP contribution >= 0.6 is 0 Å². The van der Waals surface area contributed by atoms with E-state index in [1.165, 1.54) is 19.4 Å². The molecule has 24 heavy (non-hydrogen) atoms. The molecule has 4 heterocycles. The zero-order valence-electron chi connectivity index (χ0n) is 14.4. The second-order valence-corrected chi connectivity index (χ2v) is 7.01. The van der Waals surface area contributed by atoms with Crippen molar-refractivity contribution in [2.45, 2.75) is 51.1 Å². The van der Waals surface area contributed by atoms with Gasteiger partial charge in [-0.15, -0.1) is 0 Å². The van der Waals surface area contributed by atoms with Crippen LogP contribution in [0.1, 0.15) is 38.3 Å². The Morgan fingerprint density at radius 2 is 2.04 bits per heavy atom. The van der Waals surface area contributed by atoms with Gasteiger partial charge in [0.25, 0.3) is 0 Å². The fourth-order valence-electron chi connectivity index (χ4n) is 4.51. The van der Waals surface area contributed by atoms with Crippen molar-refractivity contribution in [3.8, 4) is 0 Å². The van der Waals surface area contributed by atoms with Crippen molar-refractivity contribution >= 4 is 11.6 Å². The molecule has 4 rings (SSSR count). The van der Waals surface area contributed by atoms with E-state index in [-0.39, 0.29) is 5.91 Å². The number of carbonyl (C=O) groups is 1. The Kier molecular flexibility index (Phi) is 4.27. The quantitative estimate of drug-likeness (QED) is 0.866. The van der Waals surface area contributed by atoms with Crippen molar-refractivity contribution < 1.29 is 4.79 Å². The van der Waals surface area contributed by atoms with Gasteiger partial charge >= 0.3 is 0 Å². The summed E-state index contributed by atoms with van der Waals surface area (Å²) in [5.74, 6) is 0.240. The molecule has 2 atom stereocenters. The third-order valence-corrected chi connectivity index (χ3v) is 5.63. The number of fused-ring (bicyclic) bond motifs is 1. The highest BCUT2D eigenvalue weighted by atomic mass is 16.2. The number of carbonyl (C=O) groups excluding carboxylic acids is 1. The van der Waals surface area contributed by atoms with E-state index in [1.54, 1.807) is 0 Å². The molecule has 2 saturated heterocycles. The van der Waals surface area contributed by atoms with Crippen molar-refractivity contribution in [1.82, 2.24) is 19.2 Å². The number of aromatic nitrogens is 2. The molecule has 2 fully saturated rings. The minimum absolute atomic E-state index is 0.240. The fourth-order valence-corrected chi connectivity index (χ4v) is 4.51. The molecule has 0 bridgehead atoms. The van der Waals surface area contributed by atoms with Gasteiger partial charge in [-0.1, -0.05) is 13.0 Å². The number of pyridine rings is 1. The number of amides is 1. The summed E-state index contributed by atoms with van der Waals surface area (Å²) in [6.45, 7) is 5.42. The maximum Gasteiger partial charge on any atom is 0.228 e. The monoisotopic (exact) mass is 326 g/mol. The molecule has 5 heteroatoms. The maximum atomic E-state index is 12.9. The van der Waals surface area contributed by atoms with E-state index in [0.717, 1.165) is 37.3 Å². The molecule has 2 unspecified atom stereocenters. The number of hydrogen-bond acceptors (Lipinski definition) is 3. The summed E-state index contributed by atoms with van der Waals surface area (Å²) in [5.41, 5.74) is 1.78. The Morgan fingerprint density at radius 3 is 2.88 bits per heavy atom. The fraction of sp³-hybridized carbons (Fsp3) is 0.579. The first-order chi connectivity index (χ1) is 11.8. The summed E-state index contributed by atoms with van der Waals surface area (Å²) in [7, 11) is 0. The lowest BCUT2D eigenvalue weighted by Crippen LogP contribution is -2.48. The lowest BCUT2D eigenvalue weighted by molar-refractivity contribution is -0.132. The third kappa shape index (κ3) is 2.81. The number of imidazole rings is 1. The van der Waals surface area contributed by atoms with E-state index < -0.39 is 0 Å². The van der Waals surface area contributed by atoms with E-state index in [2.05, 4.69) is 21.7 Å². The largest absolute Gasteiger partial charge is 0.338 e. The van der Waals surface area contributed by atoms with Crippen LogP contribution < -0.4 is 0 Å². The minimum Gasteiger partial charge on any atom is -0.338 e. The number of likely N-dealkylation sites (tertiary alicyclic amines) is 2. The van der Waals surface area contributed by atoms with Gasteiger partial charge in [-0.05, 0) is 50.9 Å². The summed E-state index contributed by atoms with van der Waals surface area (Å²) in [6, 6.07) is 6.89. The zero-order chi connectivity index (χ0) is 16.5. The Balaban J connectivity index is 1.48. The smallest absolute Gasteiger partial charge is 0.228 e. The molecule has 2 aromatic heterocycles. The van der Waals surface area contributed by atoms with Crippen LogP contribution in [0.15, 0.2) is 30.6 Å². The first kappa shape index (κ1) is 15.6. The number of likely N-dealkylation sites (N-methyl/N-ethyl adjacent to an activating group) is 1. The Morgan fingerprint density at radius 1 is 1.21 bits per heavy atom. The molecule has 2 aliphatic rings. The molecule has 1 amide bonds. The average Bonchev–Trinajstić information content (AvgIpc) is 3.31. The van der Waals surface area contributed by atoms with Crippen LogP contribution in [-0.2, 0) is 11.2 Å². The van der Waals surface area contributed by atoms with Crippen molar-refractivity contribution in [3.63, 3.8) is 0 Å². The van der Waals surface area contributed by atoms with Gasteiger partial charge in [-0.3, -0.25) is 9.69 Å². The maximum absolute atomic E-state index is 12.9. The van der Waals surface area contributed by atoms with Crippen LogP contribution in [0, 0.1) is 0 Å². The Labute approximate surface area is 143 Å². The second kappa shape index (κ2) is 6.55. The standard InChI is InChI=1S/C19H26N4O/c1-2-21-11-5-7-16(21)17-8-6-12-23(17)19(24)13-15-14-22-10-4-3-9-18(22)20-15/h3-4,9-10,14,16-17H,2,5-8,11-13H2,1H3. The van der Waals surface area contributed by atoms with Gasteiger partial charge in [0.1, 0.15) is 5.65 Å². The summed E-state index contributed by atoms with van der Waals surface area (Å²) < 4.78 is 1.99. The zero-order valence-corrected chi connectivity index (χ0v) is 14.4. The highest BCUT2D eigenvalue weighted by Gasteiger charge is 2.39. The van der Waals surface area contributed by atoms with Gasteiger partial charge in [0, 0.05) is 31.0 Å². The van der Waals surface area contributed by atoms with E-state index in [0.29, 0.717) is 18.5 Å². The van der Waals surface area contributed by atoms with Crippen molar-refractivity contribution in [2.24, 2.45) is 0 Å². The van der Waals surface area contributed by atoms with Gasteiger partial charge in [0.05, 0.1) is 12.1 Å². The molecule has 2 aromatic rings. The second-order valence-electron chi connectivity index (χ2n) is 7.01. The van der Waals surface area contributed by atoms with E-state index in [4.69, 9.17) is 0 Å². The summed E-state index contributed by atoms with van der Waals surface area (Å²) in [6.07, 6.45) is 9.16. The first-order valence-corrected chi connectivity index (χ1v) is 9.22. The third-order valence-electron chi connectivity index (χ3n) is 5.63. The molecule has 128 valence electrons. The van der Waals surface area contributed by atoms with Gasteiger partial charge in [0.2, 0.25) is 5.91 Å². The topological polar surface area (TPSA) is 40.9 Å². The van der Waals surface area contributed by atoms with Crippen molar-refractivity contribution in [2.75, 3.05) is 19.6 Å². The van der Waals surface area contributed by atoms with E-state index in [1.807, 2.05) is 35.0 Å². The Hall–Kier alpha value is -1.88. The molecular formula is C19H26N4O. The minimum atomic E-state index is 0.240. The van der Waals surface area contributed by atoms with E-state index >= 15 is 0 Å². The van der Waals surface area contributed by atoms with Crippen LogP contribution in [-0.4, -0.2) is 56.8 Å². The number of hydrogen-bond donors (Lipinski definition) is 0. The first-order valence-electron chi connectivity index (χ1n) is 9.22. The van der Waals surface area contributed by atoms with Crippen molar-refractivity contribution in [1.29, 1.82) is 0 Å². The SMILES string of the molecule is CCN1CCCC1C1CCCN1C(=O)Cc1cn2ccccc2n1. The van der Waals surface area contributed by atoms with Crippen LogP contribution in [0.3, 0.4) is 0 Å². The number of nitrogens with zero attached hydrogens (tertiary/aromatic N) is 4. The molecule has 0 radical (unpaired) electrons. The average molecular weight is 326 g/mol. The summed E-state index contributed by atoms with van der Waals surface area (Å²) >= 11 is 0. The molecule has 0 N–H and O–H groups in total. The van der Waals surface area contributed by atoms with Gasteiger partial charge in [0.15, 0.2) is 0 Å². The molecule has 0 saturated carbocycles. The molecular weight excluding hydrogens is 300 g/mol. The predicted octanol–water partition coefficient (Wildman–Crippen LogP) is 2.35. The van der Waals surface area contributed by atoms with Gasteiger partial charge < -0.3 is 9.30 Å². The Bertz CT molecular complexity index is 692. The van der Waals surface area contributed by atoms with Gasteiger partial charge in [-0.2, -0.15) is 0 Å². The normalized spacial score (nSPS) is 25.0. The van der Waals surface area contributed by atoms with Crippen LogP contribution in [0.4, 0.5) is 0 Å². The molecule has 0 aliphatic carbocycles. The molecule has 2 aliphatic heterocycles. The lowest BCUT2D eigenvalue weighted by Gasteiger charge is -2.34. The predicted molar refractivity (Wildman–Crippen MR) is 93.9 cm³/mol.